The first-order valence-corrected chi connectivity index (χ1v) is 19.0. The minimum Gasteiger partial charge on any atom is -0.357 e. The third-order valence-corrected chi connectivity index (χ3v) is 12.9. The number of thiophene rings is 1. The van der Waals surface area contributed by atoms with E-state index in [0.717, 1.165) is 6.42 Å². The zero-order valence-electron chi connectivity index (χ0n) is 29.0. The summed E-state index contributed by atoms with van der Waals surface area (Å²) in [5, 5.41) is 5.35. The molecule has 0 radical (unpaired) electrons. The van der Waals surface area contributed by atoms with E-state index >= 15 is 0 Å². The molecule has 0 bridgehead atoms. The molecule has 3 aliphatic carbocycles. The molecule has 246 valence electrons. The van der Waals surface area contributed by atoms with E-state index in [0.29, 0.717) is 5.92 Å². The van der Waals surface area contributed by atoms with Crippen LogP contribution in [0, 0.1) is 0 Å². The molecule has 0 saturated carbocycles. The van der Waals surface area contributed by atoms with Crippen LogP contribution in [0.5, 0.6) is 0 Å². The quantitative estimate of drug-likeness (QED) is 0.176. The Kier molecular flexibility index (Phi) is 7.05. The molecular formula is C49H39NS. The molecule has 1 aromatic heterocycles. The van der Waals surface area contributed by atoms with Gasteiger partial charge in [-0.15, -0.1) is 11.3 Å². The molecule has 3 aliphatic rings. The monoisotopic (exact) mass is 673 g/mol. The van der Waals surface area contributed by atoms with Crippen molar-refractivity contribution in [2.75, 3.05) is 4.90 Å². The van der Waals surface area contributed by atoms with Crippen LogP contribution in [0.15, 0.2) is 175 Å². The van der Waals surface area contributed by atoms with Gasteiger partial charge in [-0.3, -0.25) is 0 Å². The van der Waals surface area contributed by atoms with Gasteiger partial charge >= 0.3 is 0 Å². The second-order valence-electron chi connectivity index (χ2n) is 14.8. The van der Waals surface area contributed by atoms with Crippen LogP contribution in [0.1, 0.15) is 42.9 Å². The van der Waals surface area contributed by atoms with Crippen molar-refractivity contribution < 1.29 is 0 Å². The minimum atomic E-state index is -0.00837. The van der Waals surface area contributed by atoms with E-state index in [2.05, 4.69) is 189 Å². The van der Waals surface area contributed by atoms with Crippen LogP contribution in [0.2, 0.25) is 0 Å². The fourth-order valence-electron chi connectivity index (χ4n) is 9.24. The Balaban J connectivity index is 1.10. The Morgan fingerprint density at radius 3 is 2.37 bits per heavy atom. The summed E-state index contributed by atoms with van der Waals surface area (Å²) in [6.45, 7) is 4.81. The minimum absolute atomic E-state index is 0.00837. The van der Waals surface area contributed by atoms with Gasteiger partial charge in [0.1, 0.15) is 0 Å². The van der Waals surface area contributed by atoms with Crippen LogP contribution < -0.4 is 4.90 Å². The lowest BCUT2D eigenvalue weighted by molar-refractivity contribution is 0.533. The molecule has 2 heteroatoms. The molecule has 7 aromatic rings. The Bertz CT molecular complexity index is 2600. The number of benzene rings is 6. The summed E-state index contributed by atoms with van der Waals surface area (Å²) in [7, 11) is 0. The second-order valence-corrected chi connectivity index (χ2v) is 15.8. The topological polar surface area (TPSA) is 3.24 Å². The van der Waals surface area contributed by atoms with Gasteiger partial charge in [-0.25, -0.2) is 0 Å². The number of rotatable bonds is 5. The van der Waals surface area contributed by atoms with Crippen LogP contribution in [0.25, 0.3) is 47.6 Å². The molecule has 3 atom stereocenters. The van der Waals surface area contributed by atoms with Crippen molar-refractivity contribution in [2.24, 2.45) is 0 Å². The van der Waals surface area contributed by atoms with Crippen LogP contribution >= 0.6 is 11.3 Å². The average Bonchev–Trinajstić information content (AvgIpc) is 3.69. The van der Waals surface area contributed by atoms with E-state index < -0.39 is 0 Å². The molecule has 0 fully saturated rings. The van der Waals surface area contributed by atoms with Gasteiger partial charge in [0.15, 0.2) is 0 Å². The van der Waals surface area contributed by atoms with Gasteiger partial charge < -0.3 is 4.90 Å². The van der Waals surface area contributed by atoms with Crippen LogP contribution in [0.4, 0.5) is 5.69 Å². The van der Waals surface area contributed by atoms with E-state index in [1.54, 1.807) is 0 Å². The highest BCUT2D eigenvalue weighted by molar-refractivity contribution is 7.26. The Hall–Kier alpha value is -5.44. The molecule has 0 spiro atoms. The number of fused-ring (bicyclic) bond motifs is 8. The van der Waals surface area contributed by atoms with Crippen LogP contribution in [-0.4, -0.2) is 12.1 Å². The number of hydrogen-bond donors (Lipinski definition) is 0. The first kappa shape index (κ1) is 30.4. The third kappa shape index (κ3) is 4.81. The lowest BCUT2D eigenvalue weighted by Gasteiger charge is -2.43. The maximum Gasteiger partial charge on any atom is 0.0589 e. The lowest BCUT2D eigenvalue weighted by atomic mass is 9.76. The lowest BCUT2D eigenvalue weighted by Crippen LogP contribution is -2.46. The van der Waals surface area contributed by atoms with Crippen molar-refractivity contribution in [1.29, 1.82) is 0 Å². The Morgan fingerprint density at radius 1 is 0.706 bits per heavy atom. The predicted molar refractivity (Wildman–Crippen MR) is 220 cm³/mol. The van der Waals surface area contributed by atoms with E-state index in [4.69, 9.17) is 0 Å². The normalized spacial score (nSPS) is 20.3. The highest BCUT2D eigenvalue weighted by Gasteiger charge is 2.47. The Morgan fingerprint density at radius 2 is 1.49 bits per heavy atom. The van der Waals surface area contributed by atoms with Gasteiger partial charge in [0, 0.05) is 37.2 Å². The maximum atomic E-state index is 2.72. The zero-order chi connectivity index (χ0) is 34.1. The fourth-order valence-corrected chi connectivity index (χ4v) is 10.5. The summed E-state index contributed by atoms with van der Waals surface area (Å²) in [5.41, 5.74) is 10.8. The summed E-state index contributed by atoms with van der Waals surface area (Å²) in [6, 6.07) is 50.0. The van der Waals surface area contributed by atoms with Crippen molar-refractivity contribution in [3.05, 3.63) is 192 Å². The molecule has 0 aliphatic heterocycles. The average molecular weight is 674 g/mol. The molecular weight excluding hydrogens is 635 g/mol. The summed E-state index contributed by atoms with van der Waals surface area (Å²) < 4.78 is 2.70. The molecule has 6 aromatic carbocycles. The van der Waals surface area contributed by atoms with E-state index in [-0.39, 0.29) is 17.5 Å². The van der Waals surface area contributed by atoms with Gasteiger partial charge in [-0.1, -0.05) is 171 Å². The van der Waals surface area contributed by atoms with E-state index in [1.807, 2.05) is 11.3 Å². The van der Waals surface area contributed by atoms with Crippen molar-refractivity contribution in [3.8, 4) is 11.1 Å². The van der Waals surface area contributed by atoms with E-state index in [1.165, 1.54) is 75.6 Å². The fraction of sp³-hybridized carbons (Fsp3) is 0.143. The molecule has 51 heavy (non-hydrogen) atoms. The van der Waals surface area contributed by atoms with Gasteiger partial charge in [0.2, 0.25) is 0 Å². The van der Waals surface area contributed by atoms with Gasteiger partial charge in [0.05, 0.1) is 12.1 Å². The van der Waals surface area contributed by atoms with Crippen molar-refractivity contribution >= 4 is 53.5 Å². The first-order chi connectivity index (χ1) is 25.1. The first-order valence-electron chi connectivity index (χ1n) is 18.2. The zero-order valence-corrected chi connectivity index (χ0v) is 29.8. The molecule has 0 N–H and O–H groups in total. The van der Waals surface area contributed by atoms with Crippen LogP contribution in [0.3, 0.4) is 0 Å². The van der Waals surface area contributed by atoms with Crippen LogP contribution in [-0.2, 0) is 5.41 Å². The summed E-state index contributed by atoms with van der Waals surface area (Å²) in [6.07, 6.45) is 15.3. The van der Waals surface area contributed by atoms with Gasteiger partial charge in [-0.05, 0) is 68.8 Å². The van der Waals surface area contributed by atoms with Crippen molar-refractivity contribution in [2.45, 2.75) is 43.7 Å². The highest BCUT2D eigenvalue weighted by atomic mass is 32.1. The predicted octanol–water partition coefficient (Wildman–Crippen LogP) is 13.0. The molecule has 0 saturated heterocycles. The summed E-state index contributed by atoms with van der Waals surface area (Å²) >= 11 is 1.91. The molecule has 3 unspecified atom stereocenters. The summed E-state index contributed by atoms with van der Waals surface area (Å²) in [5.74, 6) is 0.294. The highest BCUT2D eigenvalue weighted by Crippen LogP contribution is 2.54. The number of allylic oxidation sites excluding steroid dienone is 4. The molecule has 1 nitrogen and oxygen atoms in total. The molecule has 1 heterocycles. The van der Waals surface area contributed by atoms with E-state index in [9.17, 15) is 0 Å². The smallest absolute Gasteiger partial charge is 0.0589 e. The number of nitrogens with zero attached hydrogens (tertiary/aromatic N) is 1. The SMILES string of the molecule is CC1(C)C2=CC=CC(N(c3ccc(-c4cccc5c4sc4ccc6ccccc6c45)cc3)C3C=C(c4ccccc4)C=CC3)C2c2ccccc21. The van der Waals surface area contributed by atoms with Crippen molar-refractivity contribution in [3.63, 3.8) is 0 Å². The van der Waals surface area contributed by atoms with Gasteiger partial charge in [0.25, 0.3) is 0 Å². The number of anilines is 1. The van der Waals surface area contributed by atoms with Crippen molar-refractivity contribution in [1.82, 2.24) is 0 Å². The second kappa shape index (κ2) is 11.8. The standard InChI is InChI=1S/C49H39NS/c1-49(2)42-22-9-8-19-40(42)47-43(49)23-12-24-44(47)50(37-17-10-16-35(31-37)32-13-4-3-5-14-32)36-28-25-34(26-29-36)39-20-11-21-41-46-38-18-7-6-15-33(38)27-30-45(46)51-48(39)41/h3-16,18-31,37,44,47H,17H2,1-2H3. The molecule has 0 amide bonds. The Labute approximate surface area is 304 Å². The summed E-state index contributed by atoms with van der Waals surface area (Å²) in [4.78, 5) is 2.72. The van der Waals surface area contributed by atoms with Gasteiger partial charge in [-0.2, -0.15) is 0 Å². The molecule has 10 rings (SSSR count). The maximum absolute atomic E-state index is 2.72. The number of hydrogen-bond acceptors (Lipinski definition) is 2. The third-order valence-electron chi connectivity index (χ3n) is 11.6. The largest absolute Gasteiger partial charge is 0.357 e.